The van der Waals surface area contributed by atoms with E-state index in [1.165, 1.54) is 22.9 Å². The highest BCUT2D eigenvalue weighted by molar-refractivity contribution is 5.98. The first-order chi connectivity index (χ1) is 12.4. The van der Waals surface area contributed by atoms with Crippen molar-refractivity contribution in [2.24, 2.45) is 0 Å². The van der Waals surface area contributed by atoms with Gasteiger partial charge < -0.3 is 14.4 Å². The molecule has 0 unspecified atom stereocenters. The predicted molar refractivity (Wildman–Crippen MR) is 91.9 cm³/mol. The van der Waals surface area contributed by atoms with Gasteiger partial charge in [-0.3, -0.25) is 4.79 Å². The normalized spacial score (nSPS) is 13.9. The van der Waals surface area contributed by atoms with Gasteiger partial charge in [0.25, 0.3) is 0 Å². The van der Waals surface area contributed by atoms with E-state index >= 15 is 0 Å². The smallest absolute Gasteiger partial charge is 0.355 e. The second-order valence-corrected chi connectivity index (χ2v) is 6.12. The lowest BCUT2D eigenvalue weighted by atomic mass is 9.90. The lowest BCUT2D eigenvalue weighted by molar-refractivity contribution is 0.0505. The molecule has 0 amide bonds. The predicted octanol–water partition coefficient (Wildman–Crippen LogP) is 3.25. The average Bonchev–Trinajstić information content (AvgIpc) is 2.55. The lowest BCUT2D eigenvalue weighted by Gasteiger charge is -2.31. The van der Waals surface area contributed by atoms with Gasteiger partial charge in [-0.25, -0.2) is 14.0 Å². The Kier molecular flexibility index (Phi) is 4.88. The van der Waals surface area contributed by atoms with E-state index in [1.54, 1.807) is 6.92 Å². The first-order valence-corrected chi connectivity index (χ1v) is 8.39. The molecule has 3 rings (SSSR count). The molecular weight excluding hydrogens is 341 g/mol. The molecule has 26 heavy (non-hydrogen) atoms. The zero-order valence-corrected chi connectivity index (χ0v) is 14.2. The molecule has 1 aliphatic rings. The summed E-state index contributed by atoms with van der Waals surface area (Å²) in [6, 6.07) is 4.94. The molecule has 2 aromatic rings. The van der Waals surface area contributed by atoms with E-state index in [9.17, 15) is 23.9 Å². The highest BCUT2D eigenvalue weighted by Crippen LogP contribution is 2.35. The van der Waals surface area contributed by atoms with Gasteiger partial charge in [-0.1, -0.05) is 12.1 Å². The molecule has 1 aliphatic carbocycles. The number of ether oxygens (including phenoxy) is 1. The summed E-state index contributed by atoms with van der Waals surface area (Å²) in [5.41, 5.74) is -1.00. The molecule has 7 heteroatoms. The van der Waals surface area contributed by atoms with Crippen molar-refractivity contribution >= 4 is 11.9 Å². The van der Waals surface area contributed by atoms with Gasteiger partial charge in [-0.05, 0) is 43.9 Å². The van der Waals surface area contributed by atoms with Crippen molar-refractivity contribution in [2.75, 3.05) is 6.61 Å². The number of esters is 1. The molecule has 0 spiro atoms. The van der Waals surface area contributed by atoms with Crippen molar-refractivity contribution in [2.45, 2.75) is 32.2 Å². The van der Waals surface area contributed by atoms with E-state index in [0.717, 1.165) is 31.4 Å². The lowest BCUT2D eigenvalue weighted by Crippen LogP contribution is -2.30. The quantitative estimate of drug-likeness (QED) is 0.828. The Morgan fingerprint density at radius 2 is 1.92 bits per heavy atom. The number of aromatic carboxylic acids is 1. The van der Waals surface area contributed by atoms with Crippen LogP contribution < -0.4 is 5.43 Å². The monoisotopic (exact) mass is 359 g/mol. The maximum Gasteiger partial charge on any atom is 0.355 e. The number of aromatic nitrogens is 1. The van der Waals surface area contributed by atoms with Gasteiger partial charge in [0, 0.05) is 12.2 Å². The van der Waals surface area contributed by atoms with Crippen molar-refractivity contribution in [3.8, 4) is 11.1 Å². The highest BCUT2D eigenvalue weighted by Gasteiger charge is 2.30. The first kappa shape index (κ1) is 17.8. The Morgan fingerprint density at radius 1 is 1.27 bits per heavy atom. The van der Waals surface area contributed by atoms with Crippen LogP contribution in [-0.2, 0) is 4.74 Å². The summed E-state index contributed by atoms with van der Waals surface area (Å²) in [7, 11) is 0. The van der Waals surface area contributed by atoms with Gasteiger partial charge >= 0.3 is 11.9 Å². The zero-order chi connectivity index (χ0) is 18.8. The van der Waals surface area contributed by atoms with E-state index in [0.29, 0.717) is 0 Å². The summed E-state index contributed by atoms with van der Waals surface area (Å²) in [6.45, 7) is 1.76. The summed E-state index contributed by atoms with van der Waals surface area (Å²) in [6.07, 6.45) is 3.72. The van der Waals surface area contributed by atoms with Crippen LogP contribution in [0.15, 0.2) is 35.3 Å². The third-order valence-corrected chi connectivity index (χ3v) is 4.54. The van der Waals surface area contributed by atoms with E-state index in [4.69, 9.17) is 4.74 Å². The van der Waals surface area contributed by atoms with Crippen LogP contribution in [0.2, 0.25) is 0 Å². The highest BCUT2D eigenvalue weighted by atomic mass is 19.1. The van der Waals surface area contributed by atoms with Gasteiger partial charge in [-0.2, -0.15) is 0 Å². The zero-order valence-electron chi connectivity index (χ0n) is 14.2. The number of pyridine rings is 1. The fourth-order valence-corrected chi connectivity index (χ4v) is 3.03. The Labute approximate surface area is 148 Å². The van der Waals surface area contributed by atoms with Crippen LogP contribution in [0.5, 0.6) is 0 Å². The fourth-order valence-electron chi connectivity index (χ4n) is 3.03. The Balaban J connectivity index is 2.35. The Hall–Kier alpha value is -2.96. The molecule has 1 heterocycles. The topological polar surface area (TPSA) is 85.6 Å². The molecule has 1 saturated carbocycles. The van der Waals surface area contributed by atoms with Crippen LogP contribution >= 0.6 is 0 Å². The summed E-state index contributed by atoms with van der Waals surface area (Å²) in [5, 5.41) is 9.42. The second kappa shape index (κ2) is 7.11. The maximum atomic E-state index is 13.3. The van der Waals surface area contributed by atoms with Crippen LogP contribution in [0.25, 0.3) is 11.1 Å². The number of halogens is 1. The summed E-state index contributed by atoms with van der Waals surface area (Å²) < 4.78 is 19.9. The SMILES string of the molecule is CCOC(=O)c1c(-c2ccc(F)cc2)c(=O)c(C(=O)O)cn1C1CCC1. The molecule has 1 aromatic carbocycles. The second-order valence-electron chi connectivity index (χ2n) is 6.12. The molecule has 0 atom stereocenters. The largest absolute Gasteiger partial charge is 0.477 e. The molecule has 1 fully saturated rings. The minimum Gasteiger partial charge on any atom is -0.477 e. The van der Waals surface area contributed by atoms with Crippen molar-refractivity contribution in [3.63, 3.8) is 0 Å². The number of carbonyl (C=O) groups is 2. The van der Waals surface area contributed by atoms with E-state index < -0.39 is 28.7 Å². The standard InChI is InChI=1S/C19H18FNO5/c1-2-26-19(25)16-15(11-6-8-12(20)9-7-11)17(22)14(18(23)24)10-21(16)13-4-3-5-13/h6-10,13H,2-5H2,1H3,(H,23,24). The first-order valence-electron chi connectivity index (χ1n) is 8.39. The van der Waals surface area contributed by atoms with Crippen LogP contribution in [-0.4, -0.2) is 28.2 Å². The van der Waals surface area contributed by atoms with Gasteiger partial charge in [0.1, 0.15) is 17.1 Å². The van der Waals surface area contributed by atoms with Gasteiger partial charge in [-0.15, -0.1) is 0 Å². The molecule has 0 radical (unpaired) electrons. The number of benzene rings is 1. The molecule has 1 aromatic heterocycles. The van der Waals surface area contributed by atoms with E-state index in [-0.39, 0.29) is 29.5 Å². The molecule has 0 aliphatic heterocycles. The molecule has 0 saturated heterocycles. The van der Waals surface area contributed by atoms with Crippen molar-refractivity contribution in [1.82, 2.24) is 4.57 Å². The van der Waals surface area contributed by atoms with Crippen LogP contribution in [0, 0.1) is 5.82 Å². The van der Waals surface area contributed by atoms with Gasteiger partial charge in [0.2, 0.25) is 5.43 Å². The van der Waals surface area contributed by atoms with Crippen molar-refractivity contribution in [1.29, 1.82) is 0 Å². The van der Waals surface area contributed by atoms with Gasteiger partial charge in [0.05, 0.1) is 12.2 Å². The number of carboxylic acids is 1. The number of carbonyl (C=O) groups excluding carboxylic acids is 1. The summed E-state index contributed by atoms with van der Waals surface area (Å²) >= 11 is 0. The number of hydrogen-bond acceptors (Lipinski definition) is 4. The molecular formula is C19H18FNO5. The number of hydrogen-bond donors (Lipinski definition) is 1. The minimum atomic E-state index is -1.37. The number of nitrogens with zero attached hydrogens (tertiary/aromatic N) is 1. The summed E-state index contributed by atoms with van der Waals surface area (Å²) in [4.78, 5) is 37.0. The van der Waals surface area contributed by atoms with Crippen LogP contribution in [0.1, 0.15) is 53.1 Å². The Bertz CT molecular complexity index is 913. The fraction of sp³-hybridized carbons (Fsp3) is 0.316. The number of carboxylic acid groups (broad SMARTS) is 1. The minimum absolute atomic E-state index is 0.0122. The third-order valence-electron chi connectivity index (χ3n) is 4.54. The summed E-state index contributed by atoms with van der Waals surface area (Å²) in [5.74, 6) is -2.57. The van der Waals surface area contributed by atoms with Crippen molar-refractivity contribution in [3.05, 3.63) is 57.8 Å². The van der Waals surface area contributed by atoms with Crippen LogP contribution in [0.4, 0.5) is 4.39 Å². The third kappa shape index (κ3) is 3.12. The average molecular weight is 359 g/mol. The van der Waals surface area contributed by atoms with E-state index in [2.05, 4.69) is 0 Å². The number of rotatable bonds is 5. The van der Waals surface area contributed by atoms with Crippen LogP contribution in [0.3, 0.4) is 0 Å². The van der Waals surface area contributed by atoms with Crippen molar-refractivity contribution < 1.29 is 23.8 Å². The Morgan fingerprint density at radius 3 is 2.42 bits per heavy atom. The maximum absolute atomic E-state index is 13.3. The molecule has 0 bridgehead atoms. The molecule has 1 N–H and O–H groups in total. The molecule has 136 valence electrons. The van der Waals surface area contributed by atoms with E-state index in [1.807, 2.05) is 0 Å². The molecule has 6 nitrogen and oxygen atoms in total. The van der Waals surface area contributed by atoms with Gasteiger partial charge in [0.15, 0.2) is 0 Å².